The SMILES string of the molecule is CSC1CCC(NCC(N)=NO)C1. The first kappa shape index (κ1) is 10.7. The van der Waals surface area contributed by atoms with Crippen LogP contribution in [0.4, 0.5) is 0 Å². The molecular formula is C8H17N3OS. The maximum absolute atomic E-state index is 8.33. The Hall–Kier alpha value is -0.420. The summed E-state index contributed by atoms with van der Waals surface area (Å²) < 4.78 is 0. The monoisotopic (exact) mass is 203 g/mol. The Balaban J connectivity index is 2.17. The maximum Gasteiger partial charge on any atom is 0.153 e. The summed E-state index contributed by atoms with van der Waals surface area (Å²) in [7, 11) is 0. The van der Waals surface area contributed by atoms with Crippen molar-refractivity contribution < 1.29 is 5.21 Å². The summed E-state index contributed by atoms with van der Waals surface area (Å²) in [4.78, 5) is 0. The van der Waals surface area contributed by atoms with Crippen molar-refractivity contribution in [1.82, 2.24) is 5.32 Å². The molecule has 2 atom stereocenters. The first-order chi connectivity index (χ1) is 6.26. The first-order valence-electron chi connectivity index (χ1n) is 4.49. The van der Waals surface area contributed by atoms with Gasteiger partial charge in [0.15, 0.2) is 5.84 Å². The van der Waals surface area contributed by atoms with Crippen molar-refractivity contribution >= 4 is 17.6 Å². The predicted molar refractivity (Wildman–Crippen MR) is 56.4 cm³/mol. The lowest BCUT2D eigenvalue weighted by atomic mass is 10.2. The number of rotatable bonds is 4. The molecule has 0 aromatic rings. The zero-order valence-corrected chi connectivity index (χ0v) is 8.68. The Kier molecular flexibility index (Phi) is 4.38. The summed E-state index contributed by atoms with van der Waals surface area (Å²) in [5.74, 6) is 0.257. The number of nitrogens with one attached hydrogen (secondary N) is 1. The summed E-state index contributed by atoms with van der Waals surface area (Å²) in [6.07, 6.45) is 5.82. The zero-order chi connectivity index (χ0) is 9.68. The van der Waals surface area contributed by atoms with Crippen molar-refractivity contribution in [3.8, 4) is 0 Å². The Morgan fingerprint density at radius 2 is 2.46 bits per heavy atom. The molecule has 0 heterocycles. The summed E-state index contributed by atoms with van der Waals surface area (Å²) in [6.45, 7) is 0.488. The van der Waals surface area contributed by atoms with Crippen LogP contribution in [0.5, 0.6) is 0 Å². The number of nitrogens with two attached hydrogens (primary N) is 1. The number of oxime groups is 1. The van der Waals surface area contributed by atoms with Crippen LogP contribution in [0.3, 0.4) is 0 Å². The van der Waals surface area contributed by atoms with E-state index in [1.54, 1.807) is 0 Å². The van der Waals surface area contributed by atoms with E-state index >= 15 is 0 Å². The van der Waals surface area contributed by atoms with Crippen LogP contribution in [0.1, 0.15) is 19.3 Å². The van der Waals surface area contributed by atoms with E-state index in [0.29, 0.717) is 12.6 Å². The molecule has 1 fully saturated rings. The highest BCUT2D eigenvalue weighted by molar-refractivity contribution is 7.99. The molecule has 1 saturated carbocycles. The number of amidine groups is 1. The second kappa shape index (κ2) is 5.34. The molecule has 0 saturated heterocycles. The lowest BCUT2D eigenvalue weighted by Gasteiger charge is -2.11. The Morgan fingerprint density at radius 3 is 3.00 bits per heavy atom. The molecule has 0 aliphatic heterocycles. The lowest BCUT2D eigenvalue weighted by molar-refractivity contribution is 0.316. The van der Waals surface area contributed by atoms with E-state index in [4.69, 9.17) is 10.9 Å². The highest BCUT2D eigenvalue weighted by Crippen LogP contribution is 2.27. The van der Waals surface area contributed by atoms with Gasteiger partial charge >= 0.3 is 0 Å². The fraction of sp³-hybridized carbons (Fsp3) is 0.875. The van der Waals surface area contributed by atoms with Crippen LogP contribution in [0.25, 0.3) is 0 Å². The molecule has 0 aromatic heterocycles. The van der Waals surface area contributed by atoms with E-state index in [2.05, 4.69) is 16.7 Å². The molecule has 13 heavy (non-hydrogen) atoms. The van der Waals surface area contributed by atoms with Crippen molar-refractivity contribution in [2.24, 2.45) is 10.9 Å². The van der Waals surface area contributed by atoms with Crippen LogP contribution in [0.2, 0.25) is 0 Å². The van der Waals surface area contributed by atoms with Crippen molar-refractivity contribution in [2.75, 3.05) is 12.8 Å². The van der Waals surface area contributed by atoms with Gasteiger partial charge < -0.3 is 16.3 Å². The van der Waals surface area contributed by atoms with Crippen molar-refractivity contribution in [2.45, 2.75) is 30.6 Å². The lowest BCUT2D eigenvalue weighted by Crippen LogP contribution is -2.35. The fourth-order valence-corrected chi connectivity index (χ4v) is 2.42. The van der Waals surface area contributed by atoms with Gasteiger partial charge in [-0.05, 0) is 25.5 Å². The molecule has 0 radical (unpaired) electrons. The van der Waals surface area contributed by atoms with E-state index in [-0.39, 0.29) is 5.84 Å². The molecule has 0 aromatic carbocycles. The van der Waals surface area contributed by atoms with Gasteiger partial charge in [-0.25, -0.2) is 0 Å². The average Bonchev–Trinajstić information content (AvgIpc) is 2.61. The summed E-state index contributed by atoms with van der Waals surface area (Å²) in [6, 6.07) is 0.540. The minimum atomic E-state index is 0.257. The van der Waals surface area contributed by atoms with Gasteiger partial charge in [-0.1, -0.05) is 5.16 Å². The van der Waals surface area contributed by atoms with E-state index in [0.717, 1.165) is 5.25 Å². The third-order valence-electron chi connectivity index (χ3n) is 2.42. The van der Waals surface area contributed by atoms with Crippen molar-refractivity contribution in [3.63, 3.8) is 0 Å². The second-order valence-corrected chi connectivity index (χ2v) is 4.48. The van der Waals surface area contributed by atoms with Gasteiger partial charge in [-0.2, -0.15) is 11.8 Å². The molecule has 0 bridgehead atoms. The van der Waals surface area contributed by atoms with Crippen LogP contribution in [0.15, 0.2) is 5.16 Å². The quantitative estimate of drug-likeness (QED) is 0.271. The number of thioether (sulfide) groups is 1. The van der Waals surface area contributed by atoms with Gasteiger partial charge in [0, 0.05) is 11.3 Å². The van der Waals surface area contributed by atoms with Crippen molar-refractivity contribution in [1.29, 1.82) is 0 Å². The molecular weight excluding hydrogens is 186 g/mol. The maximum atomic E-state index is 8.33. The van der Waals surface area contributed by atoms with Crippen LogP contribution in [0, 0.1) is 0 Å². The van der Waals surface area contributed by atoms with E-state index in [9.17, 15) is 0 Å². The van der Waals surface area contributed by atoms with E-state index in [1.165, 1.54) is 19.3 Å². The molecule has 4 N–H and O–H groups in total. The molecule has 0 spiro atoms. The Labute approximate surface area is 82.9 Å². The van der Waals surface area contributed by atoms with Gasteiger partial charge in [-0.15, -0.1) is 0 Å². The Bertz CT molecular complexity index is 186. The predicted octanol–water partition coefficient (Wildman–Crippen LogP) is 0.607. The average molecular weight is 203 g/mol. The summed E-state index contributed by atoms with van der Waals surface area (Å²) in [5, 5.41) is 15.3. The minimum absolute atomic E-state index is 0.257. The number of hydrogen-bond acceptors (Lipinski definition) is 4. The second-order valence-electron chi connectivity index (χ2n) is 3.34. The Morgan fingerprint density at radius 1 is 1.69 bits per heavy atom. The highest BCUT2D eigenvalue weighted by Gasteiger charge is 2.23. The van der Waals surface area contributed by atoms with Crippen molar-refractivity contribution in [3.05, 3.63) is 0 Å². The molecule has 2 unspecified atom stereocenters. The van der Waals surface area contributed by atoms with Gasteiger partial charge in [0.2, 0.25) is 0 Å². The molecule has 1 aliphatic rings. The van der Waals surface area contributed by atoms with Crippen LogP contribution in [-0.4, -0.2) is 35.1 Å². The summed E-state index contributed by atoms with van der Waals surface area (Å²) >= 11 is 1.93. The molecule has 4 nitrogen and oxygen atoms in total. The van der Waals surface area contributed by atoms with E-state index in [1.807, 2.05) is 11.8 Å². The van der Waals surface area contributed by atoms with E-state index < -0.39 is 0 Å². The fourth-order valence-electron chi connectivity index (χ4n) is 1.62. The van der Waals surface area contributed by atoms with Gasteiger partial charge in [0.25, 0.3) is 0 Å². The third-order valence-corrected chi connectivity index (χ3v) is 3.51. The molecule has 5 heteroatoms. The first-order valence-corrected chi connectivity index (χ1v) is 5.77. The van der Waals surface area contributed by atoms with Gasteiger partial charge in [0.1, 0.15) is 0 Å². The molecule has 1 aliphatic carbocycles. The molecule has 76 valence electrons. The number of hydrogen-bond donors (Lipinski definition) is 3. The molecule has 1 rings (SSSR count). The van der Waals surface area contributed by atoms with Gasteiger partial charge in [-0.3, -0.25) is 0 Å². The standard InChI is InChI=1S/C8H17N3OS/c1-13-7-3-2-6(4-7)10-5-8(9)11-12/h6-7,10,12H,2-5H2,1H3,(H2,9,11). The highest BCUT2D eigenvalue weighted by atomic mass is 32.2. The smallest absolute Gasteiger partial charge is 0.153 e. The van der Waals surface area contributed by atoms with Gasteiger partial charge in [0.05, 0.1) is 6.54 Å². The van der Waals surface area contributed by atoms with Crippen LogP contribution in [-0.2, 0) is 0 Å². The topological polar surface area (TPSA) is 70.6 Å². The normalized spacial score (nSPS) is 29.5. The summed E-state index contributed by atoms with van der Waals surface area (Å²) in [5.41, 5.74) is 5.35. The van der Waals surface area contributed by atoms with Crippen LogP contribution >= 0.6 is 11.8 Å². The zero-order valence-electron chi connectivity index (χ0n) is 7.86. The number of nitrogens with zero attached hydrogens (tertiary/aromatic N) is 1. The minimum Gasteiger partial charge on any atom is -0.409 e. The molecule has 0 amide bonds. The van der Waals surface area contributed by atoms with Crippen LogP contribution < -0.4 is 11.1 Å². The largest absolute Gasteiger partial charge is 0.409 e. The third kappa shape index (κ3) is 3.44.